The molecule has 1 saturated heterocycles. The van der Waals surface area contributed by atoms with Crippen molar-refractivity contribution in [3.8, 4) is 0 Å². The first-order chi connectivity index (χ1) is 7.41. The SMILES string of the molecule is CC1O[C@@H](OC[C@H](O)C(C)O)CC(O)[C@H]1O. The average Bonchev–Trinajstić information content (AvgIpc) is 2.22. The van der Waals surface area contributed by atoms with Gasteiger partial charge in [-0.3, -0.25) is 0 Å². The summed E-state index contributed by atoms with van der Waals surface area (Å²) in [6, 6.07) is 0. The van der Waals surface area contributed by atoms with E-state index in [9.17, 15) is 15.3 Å². The van der Waals surface area contributed by atoms with Crippen molar-refractivity contribution in [1.82, 2.24) is 0 Å². The Morgan fingerprint density at radius 1 is 1.38 bits per heavy atom. The van der Waals surface area contributed by atoms with Crippen LogP contribution in [0.2, 0.25) is 0 Å². The van der Waals surface area contributed by atoms with Crippen molar-refractivity contribution < 1.29 is 29.9 Å². The van der Waals surface area contributed by atoms with Crippen molar-refractivity contribution in [2.75, 3.05) is 6.61 Å². The number of hydrogen-bond acceptors (Lipinski definition) is 6. The number of ether oxygens (including phenoxy) is 2. The molecule has 3 unspecified atom stereocenters. The summed E-state index contributed by atoms with van der Waals surface area (Å²) in [5.74, 6) is 0. The second kappa shape index (κ2) is 5.90. The third-order valence-corrected chi connectivity index (χ3v) is 2.69. The van der Waals surface area contributed by atoms with Gasteiger partial charge in [0.2, 0.25) is 0 Å². The van der Waals surface area contributed by atoms with Gasteiger partial charge in [0.25, 0.3) is 0 Å². The third-order valence-electron chi connectivity index (χ3n) is 2.69. The molecule has 6 heteroatoms. The summed E-state index contributed by atoms with van der Waals surface area (Å²) in [7, 11) is 0. The van der Waals surface area contributed by atoms with Crippen molar-refractivity contribution in [3.05, 3.63) is 0 Å². The van der Waals surface area contributed by atoms with Crippen molar-refractivity contribution in [1.29, 1.82) is 0 Å². The van der Waals surface area contributed by atoms with E-state index in [0.717, 1.165) is 0 Å². The summed E-state index contributed by atoms with van der Waals surface area (Å²) in [5.41, 5.74) is 0. The lowest BCUT2D eigenvalue weighted by Crippen LogP contribution is -2.48. The zero-order valence-corrected chi connectivity index (χ0v) is 9.48. The van der Waals surface area contributed by atoms with Gasteiger partial charge in [0.1, 0.15) is 12.2 Å². The van der Waals surface area contributed by atoms with Gasteiger partial charge >= 0.3 is 0 Å². The zero-order valence-electron chi connectivity index (χ0n) is 9.48. The lowest BCUT2D eigenvalue weighted by atomic mass is 10.0. The van der Waals surface area contributed by atoms with E-state index in [2.05, 4.69) is 0 Å². The molecule has 0 saturated carbocycles. The quantitative estimate of drug-likeness (QED) is 0.479. The highest BCUT2D eigenvalue weighted by Gasteiger charge is 2.34. The van der Waals surface area contributed by atoms with Gasteiger partial charge in [-0.25, -0.2) is 0 Å². The van der Waals surface area contributed by atoms with E-state index in [1.165, 1.54) is 6.92 Å². The van der Waals surface area contributed by atoms with E-state index in [1.807, 2.05) is 0 Å². The molecule has 0 spiro atoms. The minimum Gasteiger partial charge on any atom is -0.391 e. The van der Waals surface area contributed by atoms with Gasteiger partial charge in [-0.2, -0.15) is 0 Å². The Bertz CT molecular complexity index is 197. The Morgan fingerprint density at radius 2 is 2.00 bits per heavy atom. The molecule has 4 N–H and O–H groups in total. The van der Waals surface area contributed by atoms with Crippen LogP contribution in [0.1, 0.15) is 20.3 Å². The maximum atomic E-state index is 9.47. The van der Waals surface area contributed by atoms with E-state index >= 15 is 0 Å². The van der Waals surface area contributed by atoms with Crippen LogP contribution in [-0.2, 0) is 9.47 Å². The average molecular weight is 236 g/mol. The van der Waals surface area contributed by atoms with Crippen LogP contribution in [0.15, 0.2) is 0 Å². The molecule has 0 aliphatic carbocycles. The molecule has 6 atom stereocenters. The van der Waals surface area contributed by atoms with Gasteiger partial charge in [0.05, 0.1) is 24.9 Å². The Hall–Kier alpha value is -0.240. The van der Waals surface area contributed by atoms with E-state index in [-0.39, 0.29) is 13.0 Å². The van der Waals surface area contributed by atoms with Gasteiger partial charge in [-0.05, 0) is 13.8 Å². The second-order valence-electron chi connectivity index (χ2n) is 4.21. The smallest absolute Gasteiger partial charge is 0.160 e. The molecule has 0 amide bonds. The molecule has 1 fully saturated rings. The van der Waals surface area contributed by atoms with E-state index < -0.39 is 36.8 Å². The molecule has 1 aliphatic heterocycles. The van der Waals surface area contributed by atoms with Crippen LogP contribution < -0.4 is 0 Å². The highest BCUT2D eigenvalue weighted by molar-refractivity contribution is 4.80. The highest BCUT2D eigenvalue weighted by atomic mass is 16.7. The molecule has 0 aromatic heterocycles. The van der Waals surface area contributed by atoms with Crippen LogP contribution in [0.4, 0.5) is 0 Å². The molecule has 1 rings (SSSR count). The summed E-state index contributed by atoms with van der Waals surface area (Å²) in [6.45, 7) is 3.02. The highest BCUT2D eigenvalue weighted by Crippen LogP contribution is 2.21. The van der Waals surface area contributed by atoms with Crippen LogP contribution in [0.25, 0.3) is 0 Å². The van der Waals surface area contributed by atoms with Crippen LogP contribution in [-0.4, -0.2) is 63.8 Å². The Labute approximate surface area is 94.4 Å². The molecule has 0 radical (unpaired) electrons. The maximum absolute atomic E-state index is 9.47. The summed E-state index contributed by atoms with van der Waals surface area (Å²) in [5, 5.41) is 37.2. The van der Waals surface area contributed by atoms with E-state index in [1.54, 1.807) is 6.92 Å². The molecule has 16 heavy (non-hydrogen) atoms. The fourth-order valence-corrected chi connectivity index (χ4v) is 1.48. The Morgan fingerprint density at radius 3 is 2.50 bits per heavy atom. The summed E-state index contributed by atoms with van der Waals surface area (Å²) in [4.78, 5) is 0. The number of hydrogen-bond donors (Lipinski definition) is 4. The standard InChI is InChI=1S/C10H20O6/c1-5(11)8(13)4-15-9-3-7(12)10(14)6(2)16-9/h5-14H,3-4H2,1-2H3/t5?,6?,7?,8-,9+,10-/m0/s1. The summed E-state index contributed by atoms with van der Waals surface area (Å²) in [6.07, 6.45) is -4.70. The van der Waals surface area contributed by atoms with Crippen LogP contribution in [0.3, 0.4) is 0 Å². The Balaban J connectivity index is 2.33. The second-order valence-corrected chi connectivity index (χ2v) is 4.21. The van der Waals surface area contributed by atoms with Gasteiger partial charge < -0.3 is 29.9 Å². The zero-order chi connectivity index (χ0) is 12.3. The predicted molar refractivity (Wildman–Crippen MR) is 54.6 cm³/mol. The first-order valence-corrected chi connectivity index (χ1v) is 5.41. The molecular weight excluding hydrogens is 216 g/mol. The van der Waals surface area contributed by atoms with Crippen LogP contribution in [0.5, 0.6) is 0 Å². The first kappa shape index (κ1) is 13.8. The van der Waals surface area contributed by atoms with Crippen molar-refractivity contribution >= 4 is 0 Å². The minimum atomic E-state index is -0.983. The van der Waals surface area contributed by atoms with E-state index in [4.69, 9.17) is 14.6 Å². The number of aliphatic hydroxyl groups excluding tert-OH is 4. The van der Waals surface area contributed by atoms with E-state index in [0.29, 0.717) is 0 Å². The van der Waals surface area contributed by atoms with Gasteiger partial charge in [-0.15, -0.1) is 0 Å². The molecule has 1 heterocycles. The first-order valence-electron chi connectivity index (χ1n) is 5.41. The molecule has 0 aromatic rings. The molecule has 0 aromatic carbocycles. The molecule has 0 bridgehead atoms. The fourth-order valence-electron chi connectivity index (χ4n) is 1.48. The van der Waals surface area contributed by atoms with Crippen LogP contribution >= 0.6 is 0 Å². The topological polar surface area (TPSA) is 99.4 Å². The van der Waals surface area contributed by atoms with Crippen molar-refractivity contribution in [2.24, 2.45) is 0 Å². The monoisotopic (exact) mass is 236 g/mol. The lowest BCUT2D eigenvalue weighted by Gasteiger charge is -2.35. The molecule has 1 aliphatic rings. The molecular formula is C10H20O6. The molecule has 96 valence electrons. The Kier molecular flexibility index (Phi) is 5.10. The van der Waals surface area contributed by atoms with Gasteiger partial charge in [-0.1, -0.05) is 0 Å². The predicted octanol–water partition coefficient (Wildman–Crippen LogP) is -1.40. The number of aliphatic hydroxyl groups is 4. The van der Waals surface area contributed by atoms with Crippen molar-refractivity contribution in [3.63, 3.8) is 0 Å². The van der Waals surface area contributed by atoms with Gasteiger partial charge in [0, 0.05) is 6.42 Å². The van der Waals surface area contributed by atoms with Gasteiger partial charge in [0.15, 0.2) is 6.29 Å². The van der Waals surface area contributed by atoms with Crippen molar-refractivity contribution in [2.45, 2.75) is 57.1 Å². The summed E-state index contributed by atoms with van der Waals surface area (Å²) < 4.78 is 10.5. The normalized spacial score (nSPS) is 39.4. The third kappa shape index (κ3) is 3.65. The number of rotatable bonds is 4. The lowest BCUT2D eigenvalue weighted by molar-refractivity contribution is -0.253. The summed E-state index contributed by atoms with van der Waals surface area (Å²) >= 11 is 0. The minimum absolute atomic E-state index is 0.0716. The van der Waals surface area contributed by atoms with Crippen LogP contribution in [0, 0.1) is 0 Å². The fraction of sp³-hybridized carbons (Fsp3) is 1.00. The maximum Gasteiger partial charge on any atom is 0.160 e. The largest absolute Gasteiger partial charge is 0.391 e. The molecule has 6 nitrogen and oxygen atoms in total.